The van der Waals surface area contributed by atoms with E-state index in [-0.39, 0.29) is 6.61 Å². The smallest absolute Gasteiger partial charge is 0.246 e. The summed E-state index contributed by atoms with van der Waals surface area (Å²) in [5.74, 6) is -0.160. The van der Waals surface area contributed by atoms with Gasteiger partial charge in [-0.25, -0.2) is 0 Å². The van der Waals surface area contributed by atoms with Crippen molar-refractivity contribution in [3.05, 3.63) is 96.6 Å². The number of para-hydroxylation sites is 2. The molecule has 1 atom stereocenters. The third kappa shape index (κ3) is 4.61. The monoisotopic (exact) mass is 320 g/mol. The molecule has 0 heterocycles. The maximum Gasteiger partial charge on any atom is 0.246 e. The predicted octanol–water partition coefficient (Wildman–Crippen LogP) is 4.08. The van der Waals surface area contributed by atoms with Crippen molar-refractivity contribution in [2.24, 2.45) is 0 Å². The highest BCUT2D eigenvalue weighted by atomic mass is 16.6. The van der Waals surface area contributed by atoms with E-state index in [1.165, 1.54) is 0 Å². The molecule has 122 valence electrons. The Morgan fingerprint density at radius 2 is 1.17 bits per heavy atom. The zero-order valence-corrected chi connectivity index (χ0v) is 13.3. The number of benzene rings is 3. The molecule has 0 aliphatic carbocycles. The lowest BCUT2D eigenvalue weighted by Gasteiger charge is -2.29. The molecule has 3 rings (SSSR count). The van der Waals surface area contributed by atoms with E-state index < -0.39 is 5.79 Å². The van der Waals surface area contributed by atoms with Crippen LogP contribution in [0.3, 0.4) is 0 Å². The topological polar surface area (TPSA) is 38.7 Å². The Morgan fingerprint density at radius 3 is 1.75 bits per heavy atom. The second kappa shape index (κ2) is 7.66. The van der Waals surface area contributed by atoms with Gasteiger partial charge in [0.15, 0.2) is 6.61 Å². The molecule has 0 aromatic heterocycles. The molecule has 0 spiro atoms. The molecule has 1 unspecified atom stereocenters. The molecule has 24 heavy (non-hydrogen) atoms. The van der Waals surface area contributed by atoms with Gasteiger partial charge in [-0.15, -0.1) is 0 Å². The van der Waals surface area contributed by atoms with Gasteiger partial charge in [0.1, 0.15) is 11.5 Å². The van der Waals surface area contributed by atoms with Gasteiger partial charge in [0.25, 0.3) is 0 Å². The summed E-state index contributed by atoms with van der Waals surface area (Å²) in [6.07, 6.45) is 0.329. The first-order valence-corrected chi connectivity index (χ1v) is 7.92. The molecule has 3 heteroatoms. The summed E-state index contributed by atoms with van der Waals surface area (Å²) in [4.78, 5) is 0. The van der Waals surface area contributed by atoms with Crippen molar-refractivity contribution in [1.82, 2.24) is 0 Å². The quantitative estimate of drug-likeness (QED) is 0.667. The molecule has 3 aromatic rings. The van der Waals surface area contributed by atoms with Gasteiger partial charge in [-0.05, 0) is 29.8 Å². The fraction of sp³-hybridized carbons (Fsp3) is 0.143. The molecule has 0 saturated carbocycles. The average Bonchev–Trinajstić information content (AvgIpc) is 2.63. The Hall–Kier alpha value is -2.78. The third-order valence-corrected chi connectivity index (χ3v) is 3.58. The van der Waals surface area contributed by atoms with Gasteiger partial charge in [0, 0.05) is 6.42 Å². The van der Waals surface area contributed by atoms with Crippen LogP contribution >= 0.6 is 0 Å². The Balaban J connectivity index is 1.76. The zero-order chi connectivity index (χ0) is 16.7. The molecule has 3 nitrogen and oxygen atoms in total. The van der Waals surface area contributed by atoms with Gasteiger partial charge >= 0.3 is 0 Å². The summed E-state index contributed by atoms with van der Waals surface area (Å²) in [7, 11) is 0. The summed E-state index contributed by atoms with van der Waals surface area (Å²) in [6.45, 7) is 0.0286. The van der Waals surface area contributed by atoms with E-state index in [0.29, 0.717) is 17.9 Å². The maximum absolute atomic E-state index is 11.0. The summed E-state index contributed by atoms with van der Waals surface area (Å²) >= 11 is 0. The van der Waals surface area contributed by atoms with Crippen molar-refractivity contribution in [3.63, 3.8) is 0 Å². The lowest BCUT2D eigenvalue weighted by Crippen LogP contribution is -2.44. The standard InChI is InChI=1S/C21H20O3/c22-21(16-18-10-4-1-5-11-18,24-20-14-8-3-9-15-20)17-23-19-12-6-2-7-13-19/h1-15,22H,16-17H2. The number of hydrogen-bond donors (Lipinski definition) is 1. The highest BCUT2D eigenvalue weighted by molar-refractivity contribution is 5.24. The van der Waals surface area contributed by atoms with Gasteiger partial charge in [0.05, 0.1) is 0 Å². The van der Waals surface area contributed by atoms with Gasteiger partial charge in [0.2, 0.25) is 5.79 Å². The zero-order valence-electron chi connectivity index (χ0n) is 13.3. The largest absolute Gasteiger partial charge is 0.487 e. The molecule has 0 saturated heterocycles. The number of rotatable bonds is 7. The summed E-state index contributed by atoms with van der Waals surface area (Å²) in [5.41, 5.74) is 0.979. The molecular formula is C21H20O3. The summed E-state index contributed by atoms with van der Waals surface area (Å²) in [6, 6.07) is 28.4. The Morgan fingerprint density at radius 1 is 0.667 bits per heavy atom. The van der Waals surface area contributed by atoms with E-state index in [9.17, 15) is 5.11 Å². The fourth-order valence-corrected chi connectivity index (χ4v) is 2.45. The lowest BCUT2D eigenvalue weighted by atomic mass is 10.1. The van der Waals surface area contributed by atoms with Crippen LogP contribution in [0, 0.1) is 0 Å². The van der Waals surface area contributed by atoms with Crippen LogP contribution in [0.4, 0.5) is 0 Å². The lowest BCUT2D eigenvalue weighted by molar-refractivity contribution is -0.158. The van der Waals surface area contributed by atoms with Gasteiger partial charge < -0.3 is 14.6 Å². The van der Waals surface area contributed by atoms with E-state index in [4.69, 9.17) is 9.47 Å². The first-order chi connectivity index (χ1) is 11.7. The minimum atomic E-state index is -1.46. The highest BCUT2D eigenvalue weighted by Crippen LogP contribution is 2.22. The van der Waals surface area contributed by atoms with Gasteiger partial charge in [-0.3, -0.25) is 0 Å². The normalized spacial score (nSPS) is 13.0. The molecular weight excluding hydrogens is 300 g/mol. The fourth-order valence-electron chi connectivity index (χ4n) is 2.45. The van der Waals surface area contributed by atoms with Gasteiger partial charge in [-0.2, -0.15) is 0 Å². The van der Waals surface area contributed by atoms with Gasteiger partial charge in [-0.1, -0.05) is 66.7 Å². The van der Waals surface area contributed by atoms with Crippen molar-refractivity contribution in [1.29, 1.82) is 0 Å². The van der Waals surface area contributed by atoms with Crippen LogP contribution in [0.1, 0.15) is 5.56 Å². The molecule has 0 amide bonds. The van der Waals surface area contributed by atoms with E-state index in [2.05, 4.69) is 0 Å². The van der Waals surface area contributed by atoms with Crippen LogP contribution in [0.25, 0.3) is 0 Å². The predicted molar refractivity (Wildman–Crippen MR) is 94.1 cm³/mol. The molecule has 0 fully saturated rings. The van der Waals surface area contributed by atoms with Crippen LogP contribution in [-0.2, 0) is 6.42 Å². The molecule has 0 aliphatic rings. The van der Waals surface area contributed by atoms with Crippen LogP contribution < -0.4 is 9.47 Å². The Labute approximate surface area is 142 Å². The molecule has 0 aliphatic heterocycles. The van der Waals surface area contributed by atoms with Crippen molar-refractivity contribution < 1.29 is 14.6 Å². The van der Waals surface area contributed by atoms with Crippen LogP contribution in [0.5, 0.6) is 11.5 Å². The maximum atomic E-state index is 11.0. The van der Waals surface area contributed by atoms with Crippen LogP contribution in [0.15, 0.2) is 91.0 Å². The van der Waals surface area contributed by atoms with Crippen molar-refractivity contribution in [2.45, 2.75) is 12.2 Å². The SMILES string of the molecule is OC(COc1ccccc1)(Cc1ccccc1)Oc1ccccc1. The number of ether oxygens (including phenoxy) is 2. The van der Waals surface area contributed by atoms with Crippen LogP contribution in [-0.4, -0.2) is 17.5 Å². The molecule has 3 aromatic carbocycles. The van der Waals surface area contributed by atoms with Crippen LogP contribution in [0.2, 0.25) is 0 Å². The van der Waals surface area contributed by atoms with Crippen molar-refractivity contribution >= 4 is 0 Å². The minimum Gasteiger partial charge on any atom is -0.487 e. The Kier molecular flexibility index (Phi) is 5.14. The van der Waals surface area contributed by atoms with E-state index in [0.717, 1.165) is 5.56 Å². The van der Waals surface area contributed by atoms with E-state index in [1.807, 2.05) is 91.0 Å². The first kappa shape index (κ1) is 16.1. The number of aliphatic hydroxyl groups is 1. The van der Waals surface area contributed by atoms with E-state index >= 15 is 0 Å². The third-order valence-electron chi connectivity index (χ3n) is 3.58. The summed E-state index contributed by atoms with van der Waals surface area (Å²) < 4.78 is 11.6. The number of hydrogen-bond acceptors (Lipinski definition) is 3. The summed E-state index contributed by atoms with van der Waals surface area (Å²) in [5, 5.41) is 11.0. The Bertz CT molecular complexity index is 685. The highest BCUT2D eigenvalue weighted by Gasteiger charge is 2.31. The molecule has 1 N–H and O–H groups in total. The minimum absolute atomic E-state index is 0.0286. The van der Waals surface area contributed by atoms with Crippen molar-refractivity contribution in [3.8, 4) is 11.5 Å². The molecule has 0 radical (unpaired) electrons. The average molecular weight is 320 g/mol. The first-order valence-electron chi connectivity index (χ1n) is 7.92. The molecule has 0 bridgehead atoms. The van der Waals surface area contributed by atoms with Crippen molar-refractivity contribution in [2.75, 3.05) is 6.61 Å². The second-order valence-electron chi connectivity index (χ2n) is 5.63. The second-order valence-corrected chi connectivity index (χ2v) is 5.63. The van der Waals surface area contributed by atoms with E-state index in [1.54, 1.807) is 0 Å².